The summed E-state index contributed by atoms with van der Waals surface area (Å²) in [7, 11) is 0. The van der Waals surface area contributed by atoms with Gasteiger partial charge in [-0.25, -0.2) is 0 Å². The number of carboxylic acids is 1. The van der Waals surface area contributed by atoms with Crippen molar-refractivity contribution < 1.29 is 14.7 Å². The summed E-state index contributed by atoms with van der Waals surface area (Å²) in [5.41, 5.74) is 1.96. The molecule has 4 nitrogen and oxygen atoms in total. The lowest BCUT2D eigenvalue weighted by atomic mass is 9.86. The molecule has 1 saturated heterocycles. The number of rotatable bonds is 2. The number of amides is 1. The predicted molar refractivity (Wildman–Crippen MR) is 58.1 cm³/mol. The van der Waals surface area contributed by atoms with E-state index in [1.54, 1.807) is 0 Å². The maximum absolute atomic E-state index is 11.4. The summed E-state index contributed by atoms with van der Waals surface area (Å²) in [6.07, 6.45) is 0. The highest BCUT2D eigenvalue weighted by molar-refractivity contribution is 5.99. The number of hydrogen-bond acceptors (Lipinski definition) is 2. The zero-order valence-electron chi connectivity index (χ0n) is 8.93. The van der Waals surface area contributed by atoms with Gasteiger partial charge in [-0.15, -0.1) is 0 Å². The van der Waals surface area contributed by atoms with Crippen LogP contribution in [0.2, 0.25) is 0 Å². The third kappa shape index (κ3) is 1.66. The summed E-state index contributed by atoms with van der Waals surface area (Å²) in [4.78, 5) is 22.5. The minimum Gasteiger partial charge on any atom is -0.481 e. The second-order valence-electron chi connectivity index (χ2n) is 4.02. The molecule has 1 aromatic rings. The zero-order chi connectivity index (χ0) is 11.7. The molecule has 1 aliphatic heterocycles. The predicted octanol–water partition coefficient (Wildman–Crippen LogP) is 0.909. The fourth-order valence-electron chi connectivity index (χ4n) is 2.20. The number of carbonyl (C=O) groups is 2. The Morgan fingerprint density at radius 2 is 2.12 bits per heavy atom. The highest BCUT2D eigenvalue weighted by Gasteiger charge is 2.41. The van der Waals surface area contributed by atoms with Crippen molar-refractivity contribution in [2.45, 2.75) is 12.8 Å². The highest BCUT2D eigenvalue weighted by Crippen LogP contribution is 2.30. The van der Waals surface area contributed by atoms with Crippen LogP contribution in [0.15, 0.2) is 24.3 Å². The molecule has 0 aliphatic carbocycles. The van der Waals surface area contributed by atoms with Crippen LogP contribution in [0, 0.1) is 12.8 Å². The monoisotopic (exact) mass is 219 g/mol. The molecule has 2 N–H and O–H groups in total. The Morgan fingerprint density at radius 3 is 2.75 bits per heavy atom. The van der Waals surface area contributed by atoms with E-state index in [0.29, 0.717) is 6.54 Å². The van der Waals surface area contributed by atoms with E-state index in [1.165, 1.54) is 0 Å². The molecule has 1 heterocycles. The molecule has 2 rings (SSSR count). The van der Waals surface area contributed by atoms with Gasteiger partial charge in [0.15, 0.2) is 0 Å². The van der Waals surface area contributed by atoms with Crippen LogP contribution >= 0.6 is 0 Å². The van der Waals surface area contributed by atoms with Gasteiger partial charge in [-0.3, -0.25) is 9.59 Å². The molecule has 1 aliphatic rings. The van der Waals surface area contributed by atoms with Gasteiger partial charge in [0.1, 0.15) is 5.92 Å². The topological polar surface area (TPSA) is 66.4 Å². The van der Waals surface area contributed by atoms with Gasteiger partial charge in [-0.2, -0.15) is 0 Å². The van der Waals surface area contributed by atoms with E-state index in [1.807, 2.05) is 31.2 Å². The number of carboxylic acid groups (broad SMARTS) is 1. The summed E-state index contributed by atoms with van der Waals surface area (Å²) in [6.45, 7) is 2.33. The lowest BCUT2D eigenvalue weighted by Gasteiger charge is -2.15. The molecule has 1 fully saturated rings. The Labute approximate surface area is 93.3 Å². The van der Waals surface area contributed by atoms with Crippen LogP contribution in [-0.2, 0) is 9.59 Å². The number of benzene rings is 1. The van der Waals surface area contributed by atoms with Gasteiger partial charge in [0.05, 0.1) is 0 Å². The first kappa shape index (κ1) is 10.7. The van der Waals surface area contributed by atoms with Crippen molar-refractivity contribution in [1.82, 2.24) is 5.32 Å². The van der Waals surface area contributed by atoms with Crippen LogP contribution in [0.1, 0.15) is 17.0 Å². The van der Waals surface area contributed by atoms with Crippen molar-refractivity contribution in [3.05, 3.63) is 35.4 Å². The zero-order valence-corrected chi connectivity index (χ0v) is 8.93. The maximum Gasteiger partial charge on any atom is 0.316 e. The van der Waals surface area contributed by atoms with Gasteiger partial charge in [0.2, 0.25) is 5.91 Å². The molecule has 0 radical (unpaired) electrons. The Hall–Kier alpha value is -1.84. The second kappa shape index (κ2) is 3.96. The molecule has 0 saturated carbocycles. The molecular weight excluding hydrogens is 206 g/mol. The minimum atomic E-state index is -1.05. The summed E-state index contributed by atoms with van der Waals surface area (Å²) in [5, 5.41) is 11.7. The van der Waals surface area contributed by atoms with E-state index in [4.69, 9.17) is 5.11 Å². The van der Waals surface area contributed by atoms with Crippen LogP contribution in [0.4, 0.5) is 0 Å². The smallest absolute Gasteiger partial charge is 0.316 e. The molecule has 0 aromatic heterocycles. The lowest BCUT2D eigenvalue weighted by molar-refractivity contribution is -0.145. The molecule has 16 heavy (non-hydrogen) atoms. The molecule has 0 unspecified atom stereocenters. The normalized spacial score (nSPS) is 24.2. The molecule has 4 heteroatoms. The van der Waals surface area contributed by atoms with Gasteiger partial charge >= 0.3 is 5.97 Å². The SMILES string of the molecule is Cc1ccccc1[C@H]1CNC(=O)[C@H]1C(=O)O. The fourth-order valence-corrected chi connectivity index (χ4v) is 2.20. The first-order valence-electron chi connectivity index (χ1n) is 5.17. The van der Waals surface area contributed by atoms with Crippen molar-refractivity contribution in [3.8, 4) is 0 Å². The fraction of sp³-hybridized carbons (Fsp3) is 0.333. The van der Waals surface area contributed by atoms with Crippen molar-refractivity contribution in [2.24, 2.45) is 5.92 Å². The Morgan fingerprint density at radius 1 is 1.44 bits per heavy atom. The van der Waals surface area contributed by atoms with E-state index in [0.717, 1.165) is 11.1 Å². The van der Waals surface area contributed by atoms with Crippen LogP contribution in [0.3, 0.4) is 0 Å². The van der Waals surface area contributed by atoms with Crippen molar-refractivity contribution >= 4 is 11.9 Å². The van der Waals surface area contributed by atoms with Crippen molar-refractivity contribution in [2.75, 3.05) is 6.54 Å². The Balaban J connectivity index is 2.38. The van der Waals surface area contributed by atoms with Gasteiger partial charge in [-0.05, 0) is 18.1 Å². The van der Waals surface area contributed by atoms with Crippen LogP contribution in [0.25, 0.3) is 0 Å². The molecule has 1 amide bonds. The molecular formula is C12H13NO3. The number of aliphatic carboxylic acids is 1. The van der Waals surface area contributed by atoms with Crippen molar-refractivity contribution in [3.63, 3.8) is 0 Å². The summed E-state index contributed by atoms with van der Waals surface area (Å²) in [5.74, 6) is -2.66. The molecule has 0 spiro atoms. The van der Waals surface area contributed by atoms with E-state index in [-0.39, 0.29) is 11.8 Å². The number of carbonyl (C=O) groups excluding carboxylic acids is 1. The van der Waals surface area contributed by atoms with E-state index in [9.17, 15) is 9.59 Å². The van der Waals surface area contributed by atoms with E-state index >= 15 is 0 Å². The number of hydrogen-bond donors (Lipinski definition) is 2. The lowest BCUT2D eigenvalue weighted by Crippen LogP contribution is -2.26. The molecule has 1 aromatic carbocycles. The first-order valence-corrected chi connectivity index (χ1v) is 5.17. The first-order chi connectivity index (χ1) is 7.61. The van der Waals surface area contributed by atoms with Gasteiger partial charge in [0, 0.05) is 12.5 Å². The van der Waals surface area contributed by atoms with E-state index < -0.39 is 11.9 Å². The van der Waals surface area contributed by atoms with E-state index in [2.05, 4.69) is 5.32 Å². The van der Waals surface area contributed by atoms with Crippen LogP contribution in [-0.4, -0.2) is 23.5 Å². The molecule has 2 atom stereocenters. The number of aryl methyl sites for hydroxylation is 1. The largest absolute Gasteiger partial charge is 0.481 e. The highest BCUT2D eigenvalue weighted by atomic mass is 16.4. The minimum absolute atomic E-state index is 0.258. The summed E-state index contributed by atoms with van der Waals surface area (Å²) in [6, 6.07) is 7.58. The van der Waals surface area contributed by atoms with Crippen LogP contribution < -0.4 is 5.32 Å². The quantitative estimate of drug-likeness (QED) is 0.726. The van der Waals surface area contributed by atoms with Gasteiger partial charge < -0.3 is 10.4 Å². The van der Waals surface area contributed by atoms with Gasteiger partial charge in [-0.1, -0.05) is 24.3 Å². The molecule has 0 bridgehead atoms. The Kier molecular flexibility index (Phi) is 2.64. The van der Waals surface area contributed by atoms with Crippen molar-refractivity contribution in [1.29, 1.82) is 0 Å². The average Bonchev–Trinajstić information content (AvgIpc) is 2.61. The third-order valence-corrected chi connectivity index (χ3v) is 3.04. The Bertz CT molecular complexity index is 442. The summed E-state index contributed by atoms with van der Waals surface area (Å²) < 4.78 is 0. The second-order valence-corrected chi connectivity index (χ2v) is 4.02. The summed E-state index contributed by atoms with van der Waals surface area (Å²) >= 11 is 0. The molecule has 84 valence electrons. The van der Waals surface area contributed by atoms with Crippen LogP contribution in [0.5, 0.6) is 0 Å². The third-order valence-electron chi connectivity index (χ3n) is 3.04. The maximum atomic E-state index is 11.4. The number of nitrogens with one attached hydrogen (secondary N) is 1. The standard InChI is InChI=1S/C12H13NO3/c1-7-4-2-3-5-8(7)9-6-13-11(14)10(9)12(15)16/h2-5,9-10H,6H2,1H3,(H,13,14)(H,15,16)/t9-,10+/m1/s1. The van der Waals surface area contributed by atoms with Gasteiger partial charge in [0.25, 0.3) is 0 Å². The average molecular weight is 219 g/mol.